The summed E-state index contributed by atoms with van der Waals surface area (Å²) in [5.41, 5.74) is 1.30. The largest absolute Gasteiger partial charge is 0.497 e. The van der Waals surface area contributed by atoms with Gasteiger partial charge in [-0.2, -0.15) is 0 Å². The minimum atomic E-state index is 0.562. The number of ether oxygens (including phenoxy) is 1. The maximum atomic E-state index is 5.24. The molecule has 0 radical (unpaired) electrons. The number of methoxy groups -OCH3 is 1. The molecule has 0 aliphatic carbocycles. The summed E-state index contributed by atoms with van der Waals surface area (Å²) in [6.07, 6.45) is 2.43. The van der Waals surface area contributed by atoms with Crippen molar-refractivity contribution in [3.8, 4) is 5.75 Å². The first kappa shape index (κ1) is 15.2. The van der Waals surface area contributed by atoms with Gasteiger partial charge in [0.05, 0.1) is 7.11 Å². The lowest BCUT2D eigenvalue weighted by Crippen LogP contribution is -2.53. The second-order valence-corrected chi connectivity index (χ2v) is 5.84. The van der Waals surface area contributed by atoms with Crippen LogP contribution in [-0.2, 0) is 0 Å². The van der Waals surface area contributed by atoms with E-state index in [-0.39, 0.29) is 0 Å². The van der Waals surface area contributed by atoms with Gasteiger partial charge < -0.3 is 15.0 Å². The Morgan fingerprint density at radius 1 is 1.25 bits per heavy atom. The lowest BCUT2D eigenvalue weighted by atomic mass is 9.86. The van der Waals surface area contributed by atoms with E-state index in [2.05, 4.69) is 43.1 Å². The molecule has 0 saturated carbocycles. The second-order valence-electron chi connectivity index (χ2n) is 5.84. The predicted molar refractivity (Wildman–Crippen MR) is 85.7 cm³/mol. The topological polar surface area (TPSA) is 24.5 Å². The molecule has 3 unspecified atom stereocenters. The fourth-order valence-corrected chi connectivity index (χ4v) is 3.12. The van der Waals surface area contributed by atoms with E-state index in [0.29, 0.717) is 18.0 Å². The van der Waals surface area contributed by atoms with Gasteiger partial charge in [0.25, 0.3) is 0 Å². The number of hydrogen-bond donors (Lipinski definition) is 1. The maximum absolute atomic E-state index is 5.24. The van der Waals surface area contributed by atoms with Crippen LogP contribution in [-0.4, -0.2) is 32.3 Å². The summed E-state index contributed by atoms with van der Waals surface area (Å²) in [6, 6.07) is 9.65. The van der Waals surface area contributed by atoms with Crippen molar-refractivity contribution < 1.29 is 4.74 Å². The van der Waals surface area contributed by atoms with Crippen LogP contribution in [0.5, 0.6) is 5.75 Å². The fourth-order valence-electron chi connectivity index (χ4n) is 3.12. The summed E-state index contributed by atoms with van der Waals surface area (Å²) in [7, 11) is 1.71. The van der Waals surface area contributed by atoms with Crippen LogP contribution in [0, 0.1) is 5.92 Å². The first-order valence-electron chi connectivity index (χ1n) is 7.81. The Bertz CT molecular complexity index is 404. The monoisotopic (exact) mass is 276 g/mol. The highest BCUT2D eigenvalue weighted by atomic mass is 16.5. The van der Waals surface area contributed by atoms with Gasteiger partial charge in [-0.1, -0.05) is 13.8 Å². The fraction of sp³-hybridized carbons (Fsp3) is 0.647. The van der Waals surface area contributed by atoms with E-state index < -0.39 is 0 Å². The van der Waals surface area contributed by atoms with Crippen LogP contribution in [0.4, 0.5) is 5.69 Å². The van der Waals surface area contributed by atoms with E-state index in [1.54, 1.807) is 7.11 Å². The molecule has 0 bridgehead atoms. The Balaban J connectivity index is 2.03. The third-order valence-electron chi connectivity index (χ3n) is 4.63. The van der Waals surface area contributed by atoms with Gasteiger partial charge in [0.2, 0.25) is 0 Å². The molecule has 1 heterocycles. The molecule has 1 aromatic rings. The predicted octanol–water partition coefficient (Wildman–Crippen LogP) is 3.30. The van der Waals surface area contributed by atoms with Crippen molar-refractivity contribution >= 4 is 5.69 Å². The van der Waals surface area contributed by atoms with Gasteiger partial charge in [-0.15, -0.1) is 0 Å². The van der Waals surface area contributed by atoms with Gasteiger partial charge in [0.15, 0.2) is 0 Å². The molecule has 3 heteroatoms. The van der Waals surface area contributed by atoms with Crippen molar-refractivity contribution in [3.63, 3.8) is 0 Å². The minimum absolute atomic E-state index is 0.562. The van der Waals surface area contributed by atoms with Crippen molar-refractivity contribution in [3.05, 3.63) is 24.3 Å². The van der Waals surface area contributed by atoms with Crippen molar-refractivity contribution in [2.45, 2.75) is 45.7 Å². The zero-order valence-corrected chi connectivity index (χ0v) is 13.2. The maximum Gasteiger partial charge on any atom is 0.119 e. The normalized spacial score (nSPS) is 26.6. The molecule has 0 aromatic heterocycles. The average molecular weight is 276 g/mol. The lowest BCUT2D eigenvalue weighted by molar-refractivity contribution is 0.271. The van der Waals surface area contributed by atoms with Gasteiger partial charge in [0, 0.05) is 24.3 Å². The average Bonchev–Trinajstić information content (AvgIpc) is 2.49. The molecule has 0 amide bonds. The number of nitrogens with zero attached hydrogens (tertiary/aromatic N) is 1. The third-order valence-corrected chi connectivity index (χ3v) is 4.63. The van der Waals surface area contributed by atoms with Crippen LogP contribution in [0.15, 0.2) is 24.3 Å². The van der Waals surface area contributed by atoms with Gasteiger partial charge in [0.1, 0.15) is 5.75 Å². The lowest BCUT2D eigenvalue weighted by Gasteiger charge is -2.44. The summed E-state index contributed by atoms with van der Waals surface area (Å²) >= 11 is 0. The Hall–Kier alpha value is -1.22. The summed E-state index contributed by atoms with van der Waals surface area (Å²) in [6.45, 7) is 9.19. The number of nitrogens with one attached hydrogen (secondary N) is 1. The van der Waals surface area contributed by atoms with Crippen LogP contribution in [0.25, 0.3) is 0 Å². The van der Waals surface area contributed by atoms with Gasteiger partial charge in [-0.05, 0) is 56.5 Å². The van der Waals surface area contributed by atoms with E-state index >= 15 is 0 Å². The Morgan fingerprint density at radius 2 is 1.95 bits per heavy atom. The number of rotatable bonds is 5. The Labute approximate surface area is 123 Å². The molecule has 2 rings (SSSR count). The molecule has 0 spiro atoms. The molecular weight excluding hydrogens is 248 g/mol. The summed E-state index contributed by atoms with van der Waals surface area (Å²) in [5, 5.41) is 3.70. The number of anilines is 1. The molecule has 20 heavy (non-hydrogen) atoms. The van der Waals surface area contributed by atoms with Gasteiger partial charge in [-0.3, -0.25) is 0 Å². The first-order chi connectivity index (χ1) is 9.67. The highest BCUT2D eigenvalue weighted by Gasteiger charge is 2.31. The zero-order valence-electron chi connectivity index (χ0n) is 13.2. The summed E-state index contributed by atoms with van der Waals surface area (Å²) < 4.78 is 5.24. The highest BCUT2D eigenvalue weighted by molar-refractivity contribution is 5.50. The van der Waals surface area contributed by atoms with Crippen molar-refractivity contribution in [2.24, 2.45) is 5.92 Å². The van der Waals surface area contributed by atoms with Gasteiger partial charge in [-0.25, -0.2) is 0 Å². The number of piperidine rings is 1. The van der Waals surface area contributed by atoms with Crippen LogP contribution >= 0.6 is 0 Å². The molecule has 1 fully saturated rings. The smallest absolute Gasteiger partial charge is 0.119 e. The van der Waals surface area contributed by atoms with Crippen molar-refractivity contribution in [2.75, 3.05) is 25.1 Å². The molecule has 1 N–H and O–H groups in total. The zero-order chi connectivity index (χ0) is 14.5. The molecule has 1 aliphatic rings. The van der Waals surface area contributed by atoms with Crippen molar-refractivity contribution in [1.82, 2.24) is 5.32 Å². The van der Waals surface area contributed by atoms with E-state index in [9.17, 15) is 0 Å². The molecule has 112 valence electrons. The molecule has 1 aromatic carbocycles. The number of benzene rings is 1. The number of hydrogen-bond acceptors (Lipinski definition) is 3. The molecule has 3 nitrogen and oxygen atoms in total. The van der Waals surface area contributed by atoms with E-state index in [4.69, 9.17) is 4.74 Å². The SMILES string of the molecule is CCCNC1CCN(c2ccc(OC)cc2)C(C)C1C. The summed E-state index contributed by atoms with van der Waals surface area (Å²) in [5.74, 6) is 1.59. The third kappa shape index (κ3) is 3.26. The quantitative estimate of drug-likeness (QED) is 0.893. The van der Waals surface area contributed by atoms with Crippen LogP contribution in [0.2, 0.25) is 0 Å². The van der Waals surface area contributed by atoms with Crippen LogP contribution in [0.1, 0.15) is 33.6 Å². The van der Waals surface area contributed by atoms with Gasteiger partial charge >= 0.3 is 0 Å². The van der Waals surface area contributed by atoms with Crippen LogP contribution < -0.4 is 15.0 Å². The van der Waals surface area contributed by atoms with E-state index in [1.165, 1.54) is 18.5 Å². The molecule has 3 atom stereocenters. The summed E-state index contributed by atoms with van der Waals surface area (Å²) in [4.78, 5) is 2.52. The molecular formula is C17H28N2O. The standard InChI is InChI=1S/C17H28N2O/c1-5-11-18-17-10-12-19(14(3)13(17)2)15-6-8-16(20-4)9-7-15/h6-9,13-14,17-18H,5,10-12H2,1-4H3. The van der Waals surface area contributed by atoms with Crippen molar-refractivity contribution in [1.29, 1.82) is 0 Å². The molecule has 1 aliphatic heterocycles. The first-order valence-corrected chi connectivity index (χ1v) is 7.81. The van der Waals surface area contributed by atoms with E-state index in [1.807, 2.05) is 12.1 Å². The van der Waals surface area contributed by atoms with Crippen LogP contribution in [0.3, 0.4) is 0 Å². The second kappa shape index (κ2) is 6.98. The minimum Gasteiger partial charge on any atom is -0.497 e. The molecule has 1 saturated heterocycles. The Kier molecular flexibility index (Phi) is 5.30. The Morgan fingerprint density at radius 3 is 2.55 bits per heavy atom. The van der Waals surface area contributed by atoms with E-state index in [0.717, 1.165) is 18.8 Å². The highest BCUT2D eigenvalue weighted by Crippen LogP contribution is 2.29.